The maximum atomic E-state index is 4.02. The van der Waals surface area contributed by atoms with E-state index in [0.717, 1.165) is 12.4 Å². The first-order valence-electron chi connectivity index (χ1n) is 4.09. The van der Waals surface area contributed by atoms with Crippen molar-refractivity contribution in [3.63, 3.8) is 0 Å². The molecule has 0 spiro atoms. The molecule has 0 bridgehead atoms. The van der Waals surface area contributed by atoms with Crippen LogP contribution in [0.3, 0.4) is 0 Å². The molecule has 0 aliphatic heterocycles. The molecule has 1 aromatic rings. The fraction of sp³-hybridized carbons (Fsp3) is 0.750. The zero-order chi connectivity index (χ0) is 9.19. The first-order chi connectivity index (χ1) is 5.55. The average Bonchev–Trinajstić information content (AvgIpc) is 2.34. The van der Waals surface area contributed by atoms with Crippen molar-refractivity contribution in [2.45, 2.75) is 32.9 Å². The van der Waals surface area contributed by atoms with Gasteiger partial charge in [0.25, 0.3) is 0 Å². The second kappa shape index (κ2) is 3.23. The van der Waals surface area contributed by atoms with Gasteiger partial charge in [-0.1, -0.05) is 0 Å². The molecule has 0 radical (unpaired) electrons. The van der Waals surface area contributed by atoms with E-state index in [-0.39, 0.29) is 5.54 Å². The number of hydrogen-bond donors (Lipinski definition) is 1. The Morgan fingerprint density at radius 1 is 1.50 bits per heavy atom. The zero-order valence-corrected chi connectivity index (χ0v) is 8.13. The van der Waals surface area contributed by atoms with E-state index in [0.29, 0.717) is 0 Å². The maximum Gasteiger partial charge on any atom is 0.147 e. The van der Waals surface area contributed by atoms with Crippen LogP contribution in [0.5, 0.6) is 0 Å². The SMILES string of the molecule is CNCc1nncn1C(C)(C)C. The van der Waals surface area contributed by atoms with Gasteiger partial charge in [-0.3, -0.25) is 0 Å². The highest BCUT2D eigenvalue weighted by atomic mass is 15.3. The minimum atomic E-state index is 0.0652. The molecule has 0 fully saturated rings. The Labute approximate surface area is 73.0 Å². The van der Waals surface area contributed by atoms with Gasteiger partial charge < -0.3 is 9.88 Å². The average molecular weight is 168 g/mol. The van der Waals surface area contributed by atoms with Crippen LogP contribution in [0.25, 0.3) is 0 Å². The first-order valence-corrected chi connectivity index (χ1v) is 4.09. The first kappa shape index (κ1) is 9.19. The predicted octanol–water partition coefficient (Wildman–Crippen LogP) is 0.752. The fourth-order valence-corrected chi connectivity index (χ4v) is 1.10. The van der Waals surface area contributed by atoms with Crippen molar-refractivity contribution < 1.29 is 0 Å². The van der Waals surface area contributed by atoms with E-state index in [1.165, 1.54) is 0 Å². The summed E-state index contributed by atoms with van der Waals surface area (Å²) in [6, 6.07) is 0. The summed E-state index contributed by atoms with van der Waals surface area (Å²) in [7, 11) is 1.90. The minimum Gasteiger partial charge on any atom is -0.313 e. The van der Waals surface area contributed by atoms with Gasteiger partial charge in [-0.05, 0) is 27.8 Å². The van der Waals surface area contributed by atoms with Crippen LogP contribution in [0.4, 0.5) is 0 Å². The lowest BCUT2D eigenvalue weighted by molar-refractivity contribution is 0.379. The van der Waals surface area contributed by atoms with Crippen molar-refractivity contribution in [3.05, 3.63) is 12.2 Å². The number of rotatable bonds is 2. The van der Waals surface area contributed by atoms with Crippen LogP contribution in [-0.2, 0) is 12.1 Å². The molecular formula is C8H16N4. The van der Waals surface area contributed by atoms with E-state index in [9.17, 15) is 0 Å². The summed E-state index contributed by atoms with van der Waals surface area (Å²) in [5, 5.41) is 11.0. The third-order valence-electron chi connectivity index (χ3n) is 1.68. The van der Waals surface area contributed by atoms with Gasteiger partial charge >= 0.3 is 0 Å². The van der Waals surface area contributed by atoms with Crippen LogP contribution >= 0.6 is 0 Å². The Hall–Kier alpha value is -0.900. The molecule has 0 aliphatic carbocycles. The van der Waals surface area contributed by atoms with Gasteiger partial charge in [-0.2, -0.15) is 0 Å². The van der Waals surface area contributed by atoms with Gasteiger partial charge in [0.05, 0.1) is 6.54 Å². The largest absolute Gasteiger partial charge is 0.313 e. The molecule has 0 saturated carbocycles. The normalized spacial score (nSPS) is 12.0. The Bertz CT molecular complexity index is 246. The molecule has 1 heterocycles. The van der Waals surface area contributed by atoms with E-state index in [1.807, 2.05) is 7.05 Å². The monoisotopic (exact) mass is 168 g/mol. The molecule has 0 unspecified atom stereocenters. The predicted molar refractivity (Wildman–Crippen MR) is 47.8 cm³/mol. The highest BCUT2D eigenvalue weighted by Crippen LogP contribution is 2.14. The van der Waals surface area contributed by atoms with Gasteiger partial charge in [-0.25, -0.2) is 0 Å². The lowest BCUT2D eigenvalue weighted by atomic mass is 10.1. The fourth-order valence-electron chi connectivity index (χ4n) is 1.10. The number of nitrogens with one attached hydrogen (secondary N) is 1. The maximum absolute atomic E-state index is 4.02. The van der Waals surface area contributed by atoms with Gasteiger partial charge in [0.2, 0.25) is 0 Å². The third kappa shape index (κ3) is 1.82. The van der Waals surface area contributed by atoms with Gasteiger partial charge in [0.1, 0.15) is 12.2 Å². The molecule has 0 aliphatic rings. The highest BCUT2D eigenvalue weighted by Gasteiger charge is 2.16. The molecular weight excluding hydrogens is 152 g/mol. The second-order valence-corrected chi connectivity index (χ2v) is 3.82. The smallest absolute Gasteiger partial charge is 0.147 e. The van der Waals surface area contributed by atoms with Crippen molar-refractivity contribution in [1.29, 1.82) is 0 Å². The topological polar surface area (TPSA) is 42.7 Å². The van der Waals surface area contributed by atoms with Crippen molar-refractivity contribution in [2.75, 3.05) is 7.05 Å². The molecule has 0 aromatic carbocycles. The Balaban J connectivity index is 2.91. The molecule has 0 saturated heterocycles. The number of nitrogens with zero attached hydrogens (tertiary/aromatic N) is 3. The summed E-state index contributed by atoms with van der Waals surface area (Å²) in [6.45, 7) is 7.16. The summed E-state index contributed by atoms with van der Waals surface area (Å²) in [6.07, 6.45) is 1.77. The molecule has 0 amide bonds. The quantitative estimate of drug-likeness (QED) is 0.708. The minimum absolute atomic E-state index is 0.0652. The Kier molecular flexibility index (Phi) is 2.47. The van der Waals surface area contributed by atoms with E-state index in [4.69, 9.17) is 0 Å². The Morgan fingerprint density at radius 2 is 2.17 bits per heavy atom. The van der Waals surface area contributed by atoms with E-state index >= 15 is 0 Å². The van der Waals surface area contributed by atoms with Crippen molar-refractivity contribution in [2.24, 2.45) is 0 Å². The summed E-state index contributed by atoms with van der Waals surface area (Å²) < 4.78 is 2.07. The molecule has 0 atom stereocenters. The van der Waals surface area contributed by atoms with Crippen LogP contribution < -0.4 is 5.32 Å². The van der Waals surface area contributed by atoms with Gasteiger partial charge in [0.15, 0.2) is 0 Å². The summed E-state index contributed by atoms with van der Waals surface area (Å²) >= 11 is 0. The highest BCUT2D eigenvalue weighted by molar-refractivity contribution is 4.91. The lowest BCUT2D eigenvalue weighted by Gasteiger charge is -2.22. The van der Waals surface area contributed by atoms with Gasteiger partial charge in [-0.15, -0.1) is 10.2 Å². The molecule has 4 heteroatoms. The lowest BCUT2D eigenvalue weighted by Crippen LogP contribution is -2.25. The third-order valence-corrected chi connectivity index (χ3v) is 1.68. The van der Waals surface area contributed by atoms with E-state index in [2.05, 4.69) is 40.9 Å². The van der Waals surface area contributed by atoms with Crippen LogP contribution in [-0.4, -0.2) is 21.8 Å². The summed E-state index contributed by atoms with van der Waals surface area (Å²) in [5.41, 5.74) is 0.0652. The number of aromatic nitrogens is 3. The summed E-state index contributed by atoms with van der Waals surface area (Å²) in [4.78, 5) is 0. The van der Waals surface area contributed by atoms with Crippen LogP contribution in [0.1, 0.15) is 26.6 Å². The van der Waals surface area contributed by atoms with E-state index in [1.54, 1.807) is 6.33 Å². The summed E-state index contributed by atoms with van der Waals surface area (Å²) in [5.74, 6) is 0.977. The van der Waals surface area contributed by atoms with Crippen molar-refractivity contribution in [1.82, 2.24) is 20.1 Å². The van der Waals surface area contributed by atoms with Crippen LogP contribution in [0.2, 0.25) is 0 Å². The molecule has 1 aromatic heterocycles. The molecule has 4 nitrogen and oxygen atoms in total. The second-order valence-electron chi connectivity index (χ2n) is 3.82. The zero-order valence-electron chi connectivity index (χ0n) is 8.13. The number of hydrogen-bond acceptors (Lipinski definition) is 3. The van der Waals surface area contributed by atoms with Crippen molar-refractivity contribution in [3.8, 4) is 0 Å². The Morgan fingerprint density at radius 3 is 2.67 bits per heavy atom. The molecule has 1 N–H and O–H groups in total. The standard InChI is InChI=1S/C8H16N4/c1-8(2,3)12-6-10-11-7(12)5-9-4/h6,9H,5H2,1-4H3. The van der Waals surface area contributed by atoms with Crippen LogP contribution in [0.15, 0.2) is 6.33 Å². The van der Waals surface area contributed by atoms with E-state index < -0.39 is 0 Å². The molecule has 12 heavy (non-hydrogen) atoms. The van der Waals surface area contributed by atoms with Crippen molar-refractivity contribution >= 4 is 0 Å². The molecule has 1 rings (SSSR count). The van der Waals surface area contributed by atoms with Gasteiger partial charge in [0, 0.05) is 5.54 Å². The molecule has 68 valence electrons. The van der Waals surface area contributed by atoms with Crippen LogP contribution in [0, 0.1) is 0 Å².